The summed E-state index contributed by atoms with van der Waals surface area (Å²) >= 11 is 0. The van der Waals surface area contributed by atoms with Gasteiger partial charge < -0.3 is 15.5 Å². The van der Waals surface area contributed by atoms with Crippen molar-refractivity contribution in [3.8, 4) is 0 Å². The fraction of sp³-hybridized carbons (Fsp3) is 0.364. The van der Waals surface area contributed by atoms with Gasteiger partial charge in [-0.25, -0.2) is 13.6 Å². The lowest BCUT2D eigenvalue weighted by Crippen LogP contribution is -2.44. The average Bonchev–Trinajstić information content (AvgIpc) is 2.72. The smallest absolute Gasteiger partial charge is 0.317 e. The van der Waals surface area contributed by atoms with E-state index in [2.05, 4.69) is 10.6 Å². The standard InChI is InChI=1S/C22H25F2N3O2/c1-2-25-22(29)27-8-4-7-18(14-27)16-5-3-6-17(11-16)21(28)26-13-15-9-19(23)12-20(24)10-15/h3,5-6,9-12,18H,2,4,7-8,13-14H2,1H3,(H,25,29)(H,26,28). The first-order valence-corrected chi connectivity index (χ1v) is 9.82. The van der Waals surface area contributed by atoms with E-state index in [0.717, 1.165) is 31.0 Å². The first-order valence-electron chi connectivity index (χ1n) is 9.82. The third-order valence-electron chi connectivity index (χ3n) is 5.03. The van der Waals surface area contributed by atoms with Gasteiger partial charge in [0.15, 0.2) is 0 Å². The van der Waals surface area contributed by atoms with E-state index in [1.54, 1.807) is 6.07 Å². The van der Waals surface area contributed by atoms with E-state index in [-0.39, 0.29) is 24.4 Å². The molecule has 2 aromatic carbocycles. The maximum atomic E-state index is 13.3. The van der Waals surface area contributed by atoms with Crippen LogP contribution in [-0.4, -0.2) is 36.5 Å². The molecule has 7 heteroatoms. The van der Waals surface area contributed by atoms with E-state index in [0.29, 0.717) is 24.2 Å². The van der Waals surface area contributed by atoms with Crippen LogP contribution < -0.4 is 10.6 Å². The Balaban J connectivity index is 1.65. The molecule has 1 fully saturated rings. The van der Waals surface area contributed by atoms with E-state index in [9.17, 15) is 18.4 Å². The molecule has 154 valence electrons. The van der Waals surface area contributed by atoms with E-state index >= 15 is 0 Å². The molecule has 3 amide bonds. The van der Waals surface area contributed by atoms with Crippen molar-refractivity contribution in [3.63, 3.8) is 0 Å². The number of rotatable bonds is 5. The molecular weight excluding hydrogens is 376 g/mol. The Kier molecular flexibility index (Phi) is 6.80. The van der Waals surface area contributed by atoms with Gasteiger partial charge in [0.2, 0.25) is 0 Å². The van der Waals surface area contributed by atoms with Crippen LogP contribution in [0.3, 0.4) is 0 Å². The molecule has 1 aliphatic heterocycles. The minimum Gasteiger partial charge on any atom is -0.348 e. The number of carbonyl (C=O) groups excluding carboxylic acids is 2. The molecule has 1 heterocycles. The second-order valence-corrected chi connectivity index (χ2v) is 7.21. The Morgan fingerprint density at radius 3 is 2.59 bits per heavy atom. The van der Waals surface area contributed by atoms with Gasteiger partial charge in [0.1, 0.15) is 11.6 Å². The quantitative estimate of drug-likeness (QED) is 0.801. The zero-order valence-corrected chi connectivity index (χ0v) is 16.4. The number of hydrogen-bond donors (Lipinski definition) is 2. The summed E-state index contributed by atoms with van der Waals surface area (Å²) in [7, 11) is 0. The Morgan fingerprint density at radius 2 is 1.86 bits per heavy atom. The van der Waals surface area contributed by atoms with Crippen LogP contribution in [0.1, 0.15) is 47.2 Å². The summed E-state index contributed by atoms with van der Waals surface area (Å²) in [5.41, 5.74) is 1.84. The van der Waals surface area contributed by atoms with Crippen molar-refractivity contribution < 1.29 is 18.4 Å². The number of piperidine rings is 1. The summed E-state index contributed by atoms with van der Waals surface area (Å²) in [6.45, 7) is 3.85. The number of hydrogen-bond acceptors (Lipinski definition) is 2. The van der Waals surface area contributed by atoms with Gasteiger partial charge in [0.25, 0.3) is 5.91 Å². The molecule has 2 aromatic rings. The average molecular weight is 401 g/mol. The highest BCUT2D eigenvalue weighted by atomic mass is 19.1. The number of nitrogens with one attached hydrogen (secondary N) is 2. The summed E-state index contributed by atoms with van der Waals surface area (Å²) in [4.78, 5) is 26.4. The summed E-state index contributed by atoms with van der Waals surface area (Å²) in [6, 6.07) is 10.4. The number of likely N-dealkylation sites (tertiary alicyclic amines) is 1. The van der Waals surface area contributed by atoms with Crippen molar-refractivity contribution in [1.82, 2.24) is 15.5 Å². The van der Waals surface area contributed by atoms with Gasteiger partial charge in [0, 0.05) is 43.7 Å². The van der Waals surface area contributed by atoms with Crippen molar-refractivity contribution in [2.24, 2.45) is 0 Å². The Bertz CT molecular complexity index is 868. The van der Waals surface area contributed by atoms with Crippen LogP contribution in [0.2, 0.25) is 0 Å². The molecule has 0 saturated carbocycles. The van der Waals surface area contributed by atoms with Crippen LogP contribution in [-0.2, 0) is 6.54 Å². The van der Waals surface area contributed by atoms with Gasteiger partial charge in [0.05, 0.1) is 0 Å². The minimum absolute atomic E-state index is 0.0339. The van der Waals surface area contributed by atoms with Gasteiger partial charge in [-0.15, -0.1) is 0 Å². The highest BCUT2D eigenvalue weighted by Crippen LogP contribution is 2.27. The number of carbonyl (C=O) groups is 2. The first kappa shape index (κ1) is 20.8. The zero-order valence-electron chi connectivity index (χ0n) is 16.4. The molecule has 2 N–H and O–H groups in total. The molecule has 1 saturated heterocycles. The number of halogens is 2. The lowest BCUT2D eigenvalue weighted by Gasteiger charge is -2.33. The number of benzene rings is 2. The number of urea groups is 1. The van der Waals surface area contributed by atoms with Crippen LogP contribution in [0.5, 0.6) is 0 Å². The summed E-state index contributed by atoms with van der Waals surface area (Å²) in [5.74, 6) is -1.50. The lowest BCUT2D eigenvalue weighted by molar-refractivity contribution is 0.0950. The fourth-order valence-electron chi connectivity index (χ4n) is 3.63. The molecular formula is C22H25F2N3O2. The normalized spacial score (nSPS) is 16.4. The third-order valence-corrected chi connectivity index (χ3v) is 5.03. The van der Waals surface area contributed by atoms with Gasteiger partial charge in [-0.1, -0.05) is 12.1 Å². The van der Waals surface area contributed by atoms with E-state index in [1.165, 1.54) is 12.1 Å². The molecule has 0 radical (unpaired) electrons. The molecule has 0 aliphatic carbocycles. The third kappa shape index (κ3) is 5.53. The summed E-state index contributed by atoms with van der Waals surface area (Å²) in [6.07, 6.45) is 1.85. The van der Waals surface area contributed by atoms with Gasteiger partial charge in [-0.2, -0.15) is 0 Å². The molecule has 1 aliphatic rings. The minimum atomic E-state index is -0.676. The summed E-state index contributed by atoms with van der Waals surface area (Å²) < 4.78 is 26.6. The predicted molar refractivity (Wildman–Crippen MR) is 107 cm³/mol. The van der Waals surface area contributed by atoms with Crippen LogP contribution in [0.4, 0.5) is 13.6 Å². The van der Waals surface area contributed by atoms with Gasteiger partial charge >= 0.3 is 6.03 Å². The number of nitrogens with zero attached hydrogens (tertiary/aromatic N) is 1. The summed E-state index contributed by atoms with van der Waals surface area (Å²) in [5, 5.41) is 5.52. The second kappa shape index (κ2) is 9.49. The second-order valence-electron chi connectivity index (χ2n) is 7.21. The molecule has 0 bridgehead atoms. The monoisotopic (exact) mass is 401 g/mol. The van der Waals surface area contributed by atoms with Crippen LogP contribution in [0, 0.1) is 11.6 Å². The van der Waals surface area contributed by atoms with Crippen molar-refractivity contribution >= 4 is 11.9 Å². The number of amides is 3. The van der Waals surface area contributed by atoms with Crippen molar-refractivity contribution in [2.75, 3.05) is 19.6 Å². The molecule has 29 heavy (non-hydrogen) atoms. The maximum Gasteiger partial charge on any atom is 0.317 e. The molecule has 5 nitrogen and oxygen atoms in total. The Morgan fingerprint density at radius 1 is 1.10 bits per heavy atom. The van der Waals surface area contributed by atoms with E-state index < -0.39 is 11.6 Å². The zero-order chi connectivity index (χ0) is 20.8. The highest BCUT2D eigenvalue weighted by molar-refractivity contribution is 5.94. The Labute approximate surface area is 169 Å². The van der Waals surface area contributed by atoms with Gasteiger partial charge in [-0.3, -0.25) is 4.79 Å². The van der Waals surface area contributed by atoms with Gasteiger partial charge in [-0.05, 0) is 55.2 Å². The molecule has 1 unspecified atom stereocenters. The van der Waals surface area contributed by atoms with Crippen molar-refractivity contribution in [3.05, 3.63) is 70.8 Å². The Hall–Kier alpha value is -2.96. The van der Waals surface area contributed by atoms with E-state index in [4.69, 9.17) is 0 Å². The van der Waals surface area contributed by atoms with Crippen LogP contribution in [0.25, 0.3) is 0 Å². The SMILES string of the molecule is CCNC(=O)N1CCCC(c2cccc(C(=O)NCc3cc(F)cc(F)c3)c2)C1. The molecule has 3 rings (SSSR count). The van der Waals surface area contributed by atoms with Crippen LogP contribution in [0.15, 0.2) is 42.5 Å². The molecule has 0 spiro atoms. The largest absolute Gasteiger partial charge is 0.348 e. The fourth-order valence-corrected chi connectivity index (χ4v) is 3.63. The lowest BCUT2D eigenvalue weighted by atomic mass is 9.89. The van der Waals surface area contributed by atoms with Crippen molar-refractivity contribution in [2.45, 2.75) is 32.2 Å². The maximum absolute atomic E-state index is 13.3. The van der Waals surface area contributed by atoms with Crippen molar-refractivity contribution in [1.29, 1.82) is 0 Å². The van der Waals surface area contributed by atoms with Crippen LogP contribution >= 0.6 is 0 Å². The molecule has 1 atom stereocenters. The topological polar surface area (TPSA) is 61.4 Å². The van der Waals surface area contributed by atoms with E-state index in [1.807, 2.05) is 30.0 Å². The predicted octanol–water partition coefficient (Wildman–Crippen LogP) is 3.80. The first-order chi connectivity index (χ1) is 14.0. The highest BCUT2D eigenvalue weighted by Gasteiger charge is 2.24. The molecule has 0 aromatic heterocycles.